The summed E-state index contributed by atoms with van der Waals surface area (Å²) >= 11 is 3.40. The lowest BCUT2D eigenvalue weighted by molar-refractivity contribution is 0.494. The molecule has 1 fully saturated rings. The zero-order chi connectivity index (χ0) is 13.4. The van der Waals surface area contributed by atoms with E-state index in [1.807, 2.05) is 15.8 Å². The van der Waals surface area contributed by atoms with Crippen molar-refractivity contribution in [3.8, 4) is 0 Å². The van der Waals surface area contributed by atoms with Crippen molar-refractivity contribution in [3.05, 3.63) is 39.6 Å². The van der Waals surface area contributed by atoms with Gasteiger partial charge in [-0.2, -0.15) is 5.10 Å². The van der Waals surface area contributed by atoms with Crippen molar-refractivity contribution in [1.29, 1.82) is 0 Å². The fourth-order valence-electron chi connectivity index (χ4n) is 2.37. The molecule has 1 unspecified atom stereocenters. The lowest BCUT2D eigenvalue weighted by atomic mass is 10.3. The van der Waals surface area contributed by atoms with Gasteiger partial charge in [0.15, 0.2) is 5.82 Å². The molecule has 100 valence electrons. The maximum absolute atomic E-state index is 12.0. The number of nitrogens with zero attached hydrogens (tertiary/aromatic N) is 5. The maximum Gasteiger partial charge on any atom is 0.293 e. The molecule has 0 aromatic carbocycles. The fourth-order valence-corrected chi connectivity index (χ4v) is 2.67. The fraction of sp³-hybridized carbons (Fsp3) is 0.417. The molecule has 0 radical (unpaired) electrons. The average molecular weight is 324 g/mol. The van der Waals surface area contributed by atoms with Crippen LogP contribution in [0.2, 0.25) is 0 Å². The molecule has 1 atom stereocenters. The maximum atomic E-state index is 12.0. The van der Waals surface area contributed by atoms with E-state index in [0.29, 0.717) is 5.82 Å². The first-order valence-electron chi connectivity index (χ1n) is 6.11. The summed E-state index contributed by atoms with van der Waals surface area (Å²) < 4.78 is 4.47. The Kier molecular flexibility index (Phi) is 3.14. The predicted molar refractivity (Wildman–Crippen MR) is 75.3 cm³/mol. The summed E-state index contributed by atoms with van der Waals surface area (Å²) in [6.07, 6.45) is 8.04. The van der Waals surface area contributed by atoms with Crippen LogP contribution in [0.4, 0.5) is 5.82 Å². The van der Waals surface area contributed by atoms with Crippen molar-refractivity contribution in [2.24, 2.45) is 7.05 Å². The van der Waals surface area contributed by atoms with Gasteiger partial charge in [0.05, 0.1) is 16.7 Å². The molecule has 0 bridgehead atoms. The highest BCUT2D eigenvalue weighted by molar-refractivity contribution is 9.10. The molecular formula is C12H14BrN5O. The van der Waals surface area contributed by atoms with Crippen molar-refractivity contribution >= 4 is 21.7 Å². The summed E-state index contributed by atoms with van der Waals surface area (Å²) in [6.45, 7) is 1.59. The smallest absolute Gasteiger partial charge is 0.293 e. The highest BCUT2D eigenvalue weighted by atomic mass is 79.9. The zero-order valence-electron chi connectivity index (χ0n) is 10.5. The second-order valence-corrected chi connectivity index (χ2v) is 5.61. The molecule has 6 nitrogen and oxygen atoms in total. The van der Waals surface area contributed by atoms with Gasteiger partial charge < -0.3 is 9.47 Å². The number of aryl methyl sites for hydroxylation is 1. The highest BCUT2D eigenvalue weighted by Gasteiger charge is 2.27. The Hall–Kier alpha value is -1.63. The standard InChI is InChI=1S/C12H14BrN5O/c1-16-5-3-14-11(12(16)19)17-4-2-10(8-17)18-7-9(13)6-15-18/h3,5-7,10H,2,4,8H2,1H3. The Bertz CT molecular complexity index is 650. The van der Waals surface area contributed by atoms with Crippen LogP contribution in [-0.2, 0) is 7.05 Å². The molecule has 19 heavy (non-hydrogen) atoms. The average Bonchev–Trinajstić information content (AvgIpc) is 3.01. The van der Waals surface area contributed by atoms with Gasteiger partial charge in [0.2, 0.25) is 0 Å². The van der Waals surface area contributed by atoms with Crippen LogP contribution < -0.4 is 10.5 Å². The number of aromatic nitrogens is 4. The Labute approximate surface area is 118 Å². The molecule has 0 saturated carbocycles. The van der Waals surface area contributed by atoms with Crippen LogP contribution in [0.3, 0.4) is 0 Å². The molecule has 1 saturated heterocycles. The van der Waals surface area contributed by atoms with Crippen LogP contribution in [0.1, 0.15) is 12.5 Å². The van der Waals surface area contributed by atoms with Crippen molar-refractivity contribution in [2.45, 2.75) is 12.5 Å². The topological polar surface area (TPSA) is 56.0 Å². The minimum atomic E-state index is -0.0511. The van der Waals surface area contributed by atoms with Crippen molar-refractivity contribution < 1.29 is 0 Å². The predicted octanol–water partition coefficient (Wildman–Crippen LogP) is 1.19. The molecule has 3 heterocycles. The second-order valence-electron chi connectivity index (χ2n) is 4.69. The molecule has 0 spiro atoms. The summed E-state index contributed by atoms with van der Waals surface area (Å²) in [5.74, 6) is 0.527. The third kappa shape index (κ3) is 2.30. The van der Waals surface area contributed by atoms with Crippen molar-refractivity contribution in [2.75, 3.05) is 18.0 Å². The molecule has 0 N–H and O–H groups in total. The lowest BCUT2D eigenvalue weighted by Gasteiger charge is -2.17. The van der Waals surface area contributed by atoms with E-state index in [0.717, 1.165) is 24.0 Å². The number of hydrogen-bond acceptors (Lipinski definition) is 4. The molecule has 1 aliphatic rings. The second kappa shape index (κ2) is 4.80. The van der Waals surface area contributed by atoms with Gasteiger partial charge in [-0.1, -0.05) is 0 Å². The van der Waals surface area contributed by atoms with Crippen LogP contribution in [0, 0.1) is 0 Å². The Morgan fingerprint density at radius 3 is 3.05 bits per heavy atom. The van der Waals surface area contributed by atoms with E-state index in [9.17, 15) is 4.79 Å². The minimum Gasteiger partial charge on any atom is -0.350 e. The summed E-state index contributed by atoms with van der Waals surface area (Å²) in [5, 5.41) is 4.31. The van der Waals surface area contributed by atoms with Gasteiger partial charge in [-0.05, 0) is 22.4 Å². The van der Waals surface area contributed by atoms with E-state index < -0.39 is 0 Å². The van der Waals surface area contributed by atoms with E-state index in [4.69, 9.17) is 0 Å². The number of halogens is 1. The first kappa shape index (κ1) is 12.4. The van der Waals surface area contributed by atoms with Crippen LogP contribution in [0.15, 0.2) is 34.1 Å². The van der Waals surface area contributed by atoms with Gasteiger partial charge in [0.25, 0.3) is 5.56 Å². The summed E-state index contributed by atoms with van der Waals surface area (Å²) in [7, 11) is 1.74. The molecule has 7 heteroatoms. The number of anilines is 1. The molecule has 1 aliphatic heterocycles. The molecule has 0 amide bonds. The molecule has 2 aromatic rings. The molecule has 0 aliphatic carbocycles. The summed E-state index contributed by atoms with van der Waals surface area (Å²) in [4.78, 5) is 18.3. The number of rotatable bonds is 2. The first-order valence-corrected chi connectivity index (χ1v) is 6.90. The molecule has 3 rings (SSSR count). The van der Waals surface area contributed by atoms with Gasteiger partial charge in [-0.15, -0.1) is 0 Å². The van der Waals surface area contributed by atoms with Gasteiger partial charge in [-0.3, -0.25) is 9.48 Å². The monoisotopic (exact) mass is 323 g/mol. The SMILES string of the molecule is Cn1ccnc(N2CCC(n3cc(Br)cn3)C2)c1=O. The van der Waals surface area contributed by atoms with Gasteiger partial charge in [0, 0.05) is 38.7 Å². The van der Waals surface area contributed by atoms with E-state index in [1.54, 1.807) is 30.2 Å². The van der Waals surface area contributed by atoms with Crippen molar-refractivity contribution in [1.82, 2.24) is 19.3 Å². The van der Waals surface area contributed by atoms with Gasteiger partial charge in [-0.25, -0.2) is 4.98 Å². The van der Waals surface area contributed by atoms with Crippen LogP contribution in [0.25, 0.3) is 0 Å². The van der Waals surface area contributed by atoms with Gasteiger partial charge in [0.1, 0.15) is 0 Å². The first-order chi connectivity index (χ1) is 9.15. The quantitative estimate of drug-likeness (QED) is 0.833. The lowest BCUT2D eigenvalue weighted by Crippen LogP contribution is -2.31. The third-order valence-corrected chi connectivity index (χ3v) is 3.82. The van der Waals surface area contributed by atoms with Crippen LogP contribution in [-0.4, -0.2) is 32.4 Å². The molecular weight excluding hydrogens is 310 g/mol. The summed E-state index contributed by atoms with van der Waals surface area (Å²) in [5.41, 5.74) is -0.0511. The largest absolute Gasteiger partial charge is 0.350 e. The molecule has 2 aromatic heterocycles. The Morgan fingerprint density at radius 1 is 1.47 bits per heavy atom. The van der Waals surface area contributed by atoms with E-state index in [2.05, 4.69) is 26.0 Å². The minimum absolute atomic E-state index is 0.0511. The van der Waals surface area contributed by atoms with E-state index in [1.165, 1.54) is 0 Å². The summed E-state index contributed by atoms with van der Waals surface area (Å²) in [6, 6.07) is 0.290. The van der Waals surface area contributed by atoms with Crippen molar-refractivity contribution in [3.63, 3.8) is 0 Å². The Morgan fingerprint density at radius 2 is 2.32 bits per heavy atom. The van der Waals surface area contributed by atoms with E-state index >= 15 is 0 Å². The zero-order valence-corrected chi connectivity index (χ0v) is 12.1. The number of hydrogen-bond donors (Lipinski definition) is 0. The van der Waals surface area contributed by atoms with Gasteiger partial charge >= 0.3 is 0 Å². The third-order valence-electron chi connectivity index (χ3n) is 3.41. The normalized spacial score (nSPS) is 19.1. The van der Waals surface area contributed by atoms with E-state index in [-0.39, 0.29) is 11.6 Å². The highest BCUT2D eigenvalue weighted by Crippen LogP contribution is 2.24. The van der Waals surface area contributed by atoms with Crippen LogP contribution >= 0.6 is 15.9 Å². The Balaban J connectivity index is 1.82. The van der Waals surface area contributed by atoms with Crippen LogP contribution in [0.5, 0.6) is 0 Å².